The number of anilines is 1. The van der Waals surface area contributed by atoms with Crippen LogP contribution in [0.2, 0.25) is 0 Å². The number of β-amino-alcohol motifs (C(OH)–C–C–N with tert-alkyl or cyclic N) is 1. The molecule has 0 bridgehead atoms. The second kappa shape index (κ2) is 9.32. The molecule has 6 nitrogen and oxygen atoms in total. The van der Waals surface area contributed by atoms with Crippen molar-refractivity contribution < 1.29 is 28.5 Å². The van der Waals surface area contributed by atoms with Crippen molar-refractivity contribution in [2.45, 2.75) is 50.1 Å². The van der Waals surface area contributed by atoms with Gasteiger partial charge in [0.2, 0.25) is 0 Å². The first kappa shape index (κ1) is 21.4. The molecule has 26 heavy (non-hydrogen) atoms. The molecule has 150 valence electrons. The van der Waals surface area contributed by atoms with Gasteiger partial charge < -0.3 is 20.2 Å². The summed E-state index contributed by atoms with van der Waals surface area (Å²) in [5, 5.41) is 28.8. The van der Waals surface area contributed by atoms with E-state index in [-0.39, 0.29) is 12.6 Å². The number of piperidine rings is 2. The number of likely N-dealkylation sites (N-methyl/N-ethyl adjacent to an activating group) is 1. The Morgan fingerprint density at radius 3 is 2.38 bits per heavy atom. The van der Waals surface area contributed by atoms with Gasteiger partial charge in [-0.15, -0.1) is 11.3 Å². The largest absolute Gasteiger partial charge is 0.434 e. The molecular weight excluding hydrogens is 371 g/mol. The van der Waals surface area contributed by atoms with Gasteiger partial charge >= 0.3 is 6.18 Å². The van der Waals surface area contributed by atoms with Crippen LogP contribution in [-0.2, 0) is 6.18 Å². The van der Waals surface area contributed by atoms with Gasteiger partial charge in [0, 0.05) is 31.1 Å². The van der Waals surface area contributed by atoms with Crippen molar-refractivity contribution in [2.75, 3.05) is 38.2 Å². The molecule has 3 rings (SSSR count). The Morgan fingerprint density at radius 2 is 1.85 bits per heavy atom. The fraction of sp³-hybridized carbons (Fsp3) is 0.812. The number of hydrogen-bond donors (Lipinski definition) is 3. The van der Waals surface area contributed by atoms with Gasteiger partial charge in [0.25, 0.3) is 0 Å². The molecule has 2 aliphatic rings. The van der Waals surface area contributed by atoms with Crippen molar-refractivity contribution >= 4 is 16.5 Å². The van der Waals surface area contributed by atoms with E-state index in [2.05, 4.69) is 4.98 Å². The van der Waals surface area contributed by atoms with Gasteiger partial charge in [-0.25, -0.2) is 4.98 Å². The summed E-state index contributed by atoms with van der Waals surface area (Å²) < 4.78 is 36.9. The second-order valence-electron chi connectivity index (χ2n) is 6.71. The average molecular weight is 397 g/mol. The first-order valence-corrected chi connectivity index (χ1v) is 9.55. The lowest BCUT2D eigenvalue weighted by atomic mass is 9.98. The van der Waals surface area contributed by atoms with E-state index in [0.717, 1.165) is 49.1 Å². The molecular formula is C16H26F3N3O3S. The maximum Gasteiger partial charge on any atom is 0.434 e. The Kier molecular flexibility index (Phi) is 7.65. The van der Waals surface area contributed by atoms with Crippen LogP contribution in [0.15, 0.2) is 5.38 Å². The fourth-order valence-electron chi connectivity index (χ4n) is 3.02. The van der Waals surface area contributed by atoms with Crippen molar-refractivity contribution in [3.63, 3.8) is 0 Å². The SMILES string of the molecule is CN1C[C@H](O)C(O)C[C@@H]1CO.FC(F)(F)c1csc(N2CCCCC2)n1. The van der Waals surface area contributed by atoms with Crippen molar-refractivity contribution in [3.05, 3.63) is 11.1 Å². The van der Waals surface area contributed by atoms with Crippen LogP contribution in [0.1, 0.15) is 31.4 Å². The van der Waals surface area contributed by atoms with Gasteiger partial charge in [-0.05, 0) is 32.7 Å². The molecule has 1 aromatic heterocycles. The molecule has 3 atom stereocenters. The third kappa shape index (κ3) is 5.78. The first-order chi connectivity index (χ1) is 12.2. The molecule has 2 saturated heterocycles. The third-order valence-electron chi connectivity index (χ3n) is 4.68. The highest BCUT2D eigenvalue weighted by Crippen LogP contribution is 2.33. The number of aromatic nitrogens is 1. The van der Waals surface area contributed by atoms with Gasteiger partial charge in [-0.2, -0.15) is 13.2 Å². The minimum atomic E-state index is -4.31. The monoisotopic (exact) mass is 397 g/mol. The Labute approximate surface area is 154 Å². The highest BCUT2D eigenvalue weighted by Gasteiger charge is 2.34. The van der Waals surface area contributed by atoms with Crippen LogP contribution in [0.25, 0.3) is 0 Å². The van der Waals surface area contributed by atoms with E-state index in [1.54, 1.807) is 0 Å². The van der Waals surface area contributed by atoms with Crippen LogP contribution in [0, 0.1) is 0 Å². The molecule has 3 heterocycles. The van der Waals surface area contributed by atoms with Crippen LogP contribution in [0.5, 0.6) is 0 Å². The summed E-state index contributed by atoms with van der Waals surface area (Å²) in [5.74, 6) is 0. The van der Waals surface area contributed by atoms with E-state index in [1.165, 1.54) is 0 Å². The zero-order valence-electron chi connectivity index (χ0n) is 14.7. The number of hydrogen-bond acceptors (Lipinski definition) is 7. The van der Waals surface area contributed by atoms with Gasteiger partial charge in [-0.1, -0.05) is 0 Å². The maximum atomic E-state index is 12.3. The molecule has 0 aliphatic carbocycles. The highest BCUT2D eigenvalue weighted by molar-refractivity contribution is 7.13. The zero-order chi connectivity index (χ0) is 19.3. The number of likely N-dealkylation sites (tertiary alicyclic amines) is 1. The maximum absolute atomic E-state index is 12.3. The van der Waals surface area contributed by atoms with Gasteiger partial charge in [0.15, 0.2) is 10.8 Å². The smallest absolute Gasteiger partial charge is 0.395 e. The molecule has 3 N–H and O–H groups in total. The number of thiazole rings is 1. The van der Waals surface area contributed by atoms with E-state index in [0.29, 0.717) is 18.1 Å². The number of aliphatic hydroxyl groups excluding tert-OH is 3. The van der Waals surface area contributed by atoms with Crippen LogP contribution >= 0.6 is 11.3 Å². The third-order valence-corrected chi connectivity index (χ3v) is 5.58. The normalized spacial score (nSPS) is 27.8. The molecule has 1 aromatic rings. The quantitative estimate of drug-likeness (QED) is 0.703. The highest BCUT2D eigenvalue weighted by atomic mass is 32.1. The molecule has 2 aliphatic heterocycles. The predicted octanol–water partition coefficient (Wildman–Crippen LogP) is 1.56. The van der Waals surface area contributed by atoms with Gasteiger partial charge in [-0.3, -0.25) is 4.90 Å². The van der Waals surface area contributed by atoms with Crippen LogP contribution < -0.4 is 4.90 Å². The summed E-state index contributed by atoms with van der Waals surface area (Å²) in [6.45, 7) is 2.13. The molecule has 0 spiro atoms. The van der Waals surface area contributed by atoms with Crippen LogP contribution in [-0.4, -0.2) is 76.7 Å². The number of alkyl halides is 3. The lowest BCUT2D eigenvalue weighted by molar-refractivity contribution is -0.140. The molecule has 10 heteroatoms. The Morgan fingerprint density at radius 1 is 1.19 bits per heavy atom. The zero-order valence-corrected chi connectivity index (χ0v) is 15.5. The van der Waals surface area contributed by atoms with Crippen molar-refractivity contribution in [2.24, 2.45) is 0 Å². The van der Waals surface area contributed by atoms with Gasteiger partial charge in [0.05, 0.1) is 18.8 Å². The van der Waals surface area contributed by atoms with Crippen molar-refractivity contribution in [1.82, 2.24) is 9.88 Å². The number of aliphatic hydroxyl groups is 3. The molecule has 2 fully saturated rings. The number of rotatable bonds is 2. The minimum Gasteiger partial charge on any atom is -0.395 e. The molecule has 0 radical (unpaired) electrons. The van der Waals surface area contributed by atoms with Crippen molar-refractivity contribution in [3.8, 4) is 0 Å². The van der Waals surface area contributed by atoms with E-state index in [9.17, 15) is 23.4 Å². The summed E-state index contributed by atoms with van der Waals surface area (Å²) in [6, 6.07) is -0.00611. The standard InChI is InChI=1S/C9H11F3N2S.C7H15NO3/c10-9(11,12)7-6-15-8(13-7)14-4-2-1-3-5-14;1-8-3-7(11)6(10)2-5(8)4-9/h6H,1-5H2;5-7,9-11H,2-4H2,1H3/t;5-,6?,7+/m.1/s1. The van der Waals surface area contributed by atoms with E-state index in [1.807, 2.05) is 16.8 Å². The Hall–Kier alpha value is -0.940. The minimum absolute atomic E-state index is 0.00611. The topological polar surface area (TPSA) is 80.1 Å². The summed E-state index contributed by atoms with van der Waals surface area (Å²) >= 11 is 1.08. The molecule has 0 saturated carbocycles. The fourth-order valence-corrected chi connectivity index (χ4v) is 3.91. The van der Waals surface area contributed by atoms with Crippen LogP contribution in [0.4, 0.5) is 18.3 Å². The summed E-state index contributed by atoms with van der Waals surface area (Å²) in [6.07, 6.45) is -1.96. The van der Waals surface area contributed by atoms with Gasteiger partial charge in [0.1, 0.15) is 0 Å². The summed E-state index contributed by atoms with van der Waals surface area (Å²) in [4.78, 5) is 7.42. The van der Waals surface area contributed by atoms with Crippen LogP contribution in [0.3, 0.4) is 0 Å². The first-order valence-electron chi connectivity index (χ1n) is 8.67. The molecule has 0 aromatic carbocycles. The molecule has 0 amide bonds. The van der Waals surface area contributed by atoms with E-state index in [4.69, 9.17) is 5.11 Å². The summed E-state index contributed by atoms with van der Waals surface area (Å²) in [5.41, 5.74) is -0.770. The summed E-state index contributed by atoms with van der Waals surface area (Å²) in [7, 11) is 1.83. The van der Waals surface area contributed by atoms with E-state index < -0.39 is 24.1 Å². The molecule has 1 unspecified atom stereocenters. The number of halogens is 3. The second-order valence-corrected chi connectivity index (χ2v) is 7.54. The lowest BCUT2D eigenvalue weighted by Gasteiger charge is -2.37. The average Bonchev–Trinajstić information content (AvgIpc) is 3.10. The Balaban J connectivity index is 0.000000197. The number of nitrogens with zero attached hydrogens (tertiary/aromatic N) is 3. The Bertz CT molecular complexity index is 552. The van der Waals surface area contributed by atoms with E-state index >= 15 is 0 Å². The van der Waals surface area contributed by atoms with Crippen molar-refractivity contribution in [1.29, 1.82) is 0 Å². The lowest BCUT2D eigenvalue weighted by Crippen LogP contribution is -2.51. The predicted molar refractivity (Wildman–Crippen MR) is 93.3 cm³/mol.